The van der Waals surface area contributed by atoms with Crippen LogP contribution in [0.5, 0.6) is 5.75 Å². The molecule has 0 radical (unpaired) electrons. The van der Waals surface area contributed by atoms with E-state index in [4.69, 9.17) is 10.5 Å². The fraction of sp³-hybridized carbons (Fsp3) is 0.438. The van der Waals surface area contributed by atoms with Gasteiger partial charge in [-0.2, -0.15) is 0 Å². The lowest BCUT2D eigenvalue weighted by Gasteiger charge is -2.13. The van der Waals surface area contributed by atoms with Gasteiger partial charge >= 0.3 is 5.69 Å². The third-order valence-corrected chi connectivity index (χ3v) is 3.98. The molecule has 1 aromatic carbocycles. The van der Waals surface area contributed by atoms with Crippen LogP contribution < -0.4 is 16.2 Å². The number of imidazole rings is 1. The molecule has 1 saturated carbocycles. The summed E-state index contributed by atoms with van der Waals surface area (Å²) in [6.07, 6.45) is 5.93. The van der Waals surface area contributed by atoms with Gasteiger partial charge in [0.1, 0.15) is 5.75 Å². The Balaban J connectivity index is 1.93. The molecule has 0 spiro atoms. The zero-order valence-electron chi connectivity index (χ0n) is 12.5. The van der Waals surface area contributed by atoms with Crippen LogP contribution in [0.1, 0.15) is 43.0 Å². The number of benzene rings is 1. The first-order chi connectivity index (χ1) is 10.1. The summed E-state index contributed by atoms with van der Waals surface area (Å²) in [6, 6.07) is 6.26. The smallest absolute Gasteiger partial charge is 0.328 e. The third-order valence-electron chi connectivity index (χ3n) is 3.98. The Kier molecular flexibility index (Phi) is 3.59. The number of hydrogen-bond donors (Lipinski definition) is 1. The maximum Gasteiger partial charge on any atom is 0.328 e. The lowest BCUT2D eigenvalue weighted by atomic mass is 10.0. The van der Waals surface area contributed by atoms with Crippen molar-refractivity contribution in [3.63, 3.8) is 0 Å². The van der Waals surface area contributed by atoms with Crippen LogP contribution >= 0.6 is 0 Å². The third kappa shape index (κ3) is 2.74. The first kappa shape index (κ1) is 13.9. The second-order valence-corrected chi connectivity index (χ2v) is 5.71. The van der Waals surface area contributed by atoms with Gasteiger partial charge in [-0.05, 0) is 37.5 Å². The summed E-state index contributed by atoms with van der Waals surface area (Å²) < 4.78 is 8.94. The van der Waals surface area contributed by atoms with Crippen molar-refractivity contribution in [3.8, 4) is 5.75 Å². The highest BCUT2D eigenvalue weighted by molar-refractivity contribution is 5.38. The number of methoxy groups -OCH3 is 1. The van der Waals surface area contributed by atoms with Gasteiger partial charge in [0.2, 0.25) is 0 Å². The number of hydrogen-bond acceptors (Lipinski definition) is 3. The van der Waals surface area contributed by atoms with E-state index in [1.165, 1.54) is 0 Å². The van der Waals surface area contributed by atoms with Crippen LogP contribution in [-0.2, 0) is 6.54 Å². The SMILES string of the molecule is COc1ccc(C(C)N)cc1Cn1ccn(C2CC2)c1=O. The quantitative estimate of drug-likeness (QED) is 0.915. The minimum absolute atomic E-state index is 0.0394. The van der Waals surface area contributed by atoms with Crippen molar-refractivity contribution in [2.24, 2.45) is 5.73 Å². The van der Waals surface area contributed by atoms with Crippen LogP contribution in [-0.4, -0.2) is 16.2 Å². The minimum atomic E-state index is -0.0394. The Labute approximate surface area is 124 Å². The summed E-state index contributed by atoms with van der Waals surface area (Å²) in [5.41, 5.74) is 8.00. The van der Waals surface area contributed by atoms with E-state index in [0.29, 0.717) is 12.6 Å². The van der Waals surface area contributed by atoms with Crippen molar-refractivity contribution in [3.05, 3.63) is 52.2 Å². The molecule has 1 atom stereocenters. The minimum Gasteiger partial charge on any atom is -0.496 e. The Hall–Kier alpha value is -2.01. The molecule has 2 aromatic rings. The molecular weight excluding hydrogens is 266 g/mol. The van der Waals surface area contributed by atoms with Crippen LogP contribution in [0.15, 0.2) is 35.4 Å². The topological polar surface area (TPSA) is 62.2 Å². The average Bonchev–Trinajstić information content (AvgIpc) is 3.25. The molecule has 1 aliphatic carbocycles. The van der Waals surface area contributed by atoms with E-state index in [0.717, 1.165) is 29.7 Å². The lowest BCUT2D eigenvalue weighted by Crippen LogP contribution is -2.24. The molecule has 1 unspecified atom stereocenters. The van der Waals surface area contributed by atoms with Gasteiger partial charge in [0.05, 0.1) is 13.7 Å². The van der Waals surface area contributed by atoms with Crippen molar-refractivity contribution >= 4 is 0 Å². The molecule has 1 aromatic heterocycles. The maximum atomic E-state index is 12.3. The molecule has 0 bridgehead atoms. The highest BCUT2D eigenvalue weighted by Gasteiger charge is 2.25. The lowest BCUT2D eigenvalue weighted by molar-refractivity contribution is 0.407. The Bertz CT molecular complexity index is 696. The van der Waals surface area contributed by atoms with Crippen molar-refractivity contribution in [2.45, 2.75) is 38.4 Å². The molecule has 0 aliphatic heterocycles. The van der Waals surface area contributed by atoms with Crippen molar-refractivity contribution in [2.75, 3.05) is 7.11 Å². The van der Waals surface area contributed by atoms with E-state index >= 15 is 0 Å². The number of aromatic nitrogens is 2. The van der Waals surface area contributed by atoms with Crippen molar-refractivity contribution < 1.29 is 4.74 Å². The first-order valence-corrected chi connectivity index (χ1v) is 7.30. The summed E-state index contributed by atoms with van der Waals surface area (Å²) in [5.74, 6) is 0.783. The molecule has 2 N–H and O–H groups in total. The Morgan fingerprint density at radius 3 is 2.76 bits per heavy atom. The molecule has 1 aliphatic rings. The summed E-state index contributed by atoms with van der Waals surface area (Å²) in [5, 5.41) is 0. The van der Waals surface area contributed by atoms with E-state index in [2.05, 4.69) is 0 Å². The predicted octanol–water partition coefficient (Wildman–Crippen LogP) is 2.06. The predicted molar refractivity (Wildman–Crippen MR) is 81.7 cm³/mol. The number of ether oxygens (including phenoxy) is 1. The highest BCUT2D eigenvalue weighted by atomic mass is 16.5. The monoisotopic (exact) mass is 287 g/mol. The van der Waals surface area contributed by atoms with Crippen LogP contribution in [0.2, 0.25) is 0 Å². The molecule has 5 nitrogen and oxygen atoms in total. The summed E-state index contributed by atoms with van der Waals surface area (Å²) >= 11 is 0. The zero-order valence-corrected chi connectivity index (χ0v) is 12.5. The van der Waals surface area contributed by atoms with Crippen LogP contribution in [0.3, 0.4) is 0 Å². The average molecular weight is 287 g/mol. The summed E-state index contributed by atoms with van der Waals surface area (Å²) in [7, 11) is 1.64. The summed E-state index contributed by atoms with van der Waals surface area (Å²) in [4.78, 5) is 12.3. The first-order valence-electron chi connectivity index (χ1n) is 7.30. The Morgan fingerprint density at radius 2 is 2.14 bits per heavy atom. The largest absolute Gasteiger partial charge is 0.496 e. The van der Waals surface area contributed by atoms with Gasteiger partial charge < -0.3 is 10.5 Å². The number of nitrogens with two attached hydrogens (primary N) is 1. The van der Waals surface area contributed by atoms with Crippen LogP contribution in [0.25, 0.3) is 0 Å². The van der Waals surface area contributed by atoms with Gasteiger partial charge in [0.15, 0.2) is 0 Å². The van der Waals surface area contributed by atoms with E-state index in [9.17, 15) is 4.79 Å². The molecule has 1 fully saturated rings. The summed E-state index contributed by atoms with van der Waals surface area (Å²) in [6.45, 7) is 2.45. The van der Waals surface area contributed by atoms with Gasteiger partial charge in [-0.1, -0.05) is 6.07 Å². The van der Waals surface area contributed by atoms with Gasteiger partial charge in [-0.15, -0.1) is 0 Å². The fourth-order valence-electron chi connectivity index (χ4n) is 2.57. The zero-order chi connectivity index (χ0) is 15.0. The molecule has 5 heteroatoms. The van der Waals surface area contributed by atoms with Crippen molar-refractivity contribution in [1.29, 1.82) is 0 Å². The number of rotatable bonds is 5. The standard InChI is InChI=1S/C16H21N3O2/c1-11(17)12-3-6-15(21-2)13(9-12)10-18-7-8-19(16(18)20)14-4-5-14/h3,6-9,11,14H,4-5,10,17H2,1-2H3. The molecule has 21 heavy (non-hydrogen) atoms. The van der Waals surface area contributed by atoms with Gasteiger partial charge in [0.25, 0.3) is 0 Å². The highest BCUT2D eigenvalue weighted by Crippen LogP contribution is 2.33. The molecular formula is C16H21N3O2. The molecule has 1 heterocycles. The number of nitrogens with zero attached hydrogens (tertiary/aromatic N) is 2. The molecule has 112 valence electrons. The van der Waals surface area contributed by atoms with Crippen LogP contribution in [0, 0.1) is 0 Å². The van der Waals surface area contributed by atoms with E-state index in [-0.39, 0.29) is 11.7 Å². The van der Waals surface area contributed by atoms with E-state index in [1.54, 1.807) is 11.7 Å². The van der Waals surface area contributed by atoms with Gasteiger partial charge in [-0.25, -0.2) is 4.79 Å². The molecule has 0 amide bonds. The second kappa shape index (κ2) is 5.41. The second-order valence-electron chi connectivity index (χ2n) is 5.71. The van der Waals surface area contributed by atoms with E-state index in [1.807, 2.05) is 42.1 Å². The fourth-order valence-corrected chi connectivity index (χ4v) is 2.57. The van der Waals surface area contributed by atoms with Gasteiger partial charge in [-0.3, -0.25) is 9.13 Å². The maximum absolute atomic E-state index is 12.3. The Morgan fingerprint density at radius 1 is 1.38 bits per heavy atom. The van der Waals surface area contributed by atoms with E-state index < -0.39 is 0 Å². The van der Waals surface area contributed by atoms with Crippen LogP contribution in [0.4, 0.5) is 0 Å². The van der Waals surface area contributed by atoms with Crippen molar-refractivity contribution in [1.82, 2.24) is 9.13 Å². The normalized spacial score (nSPS) is 16.0. The molecule has 0 saturated heterocycles. The molecule has 3 rings (SSSR count). The van der Waals surface area contributed by atoms with Gasteiger partial charge in [0, 0.05) is 30.0 Å².